The van der Waals surface area contributed by atoms with Crippen LogP contribution in [0.5, 0.6) is 0 Å². The summed E-state index contributed by atoms with van der Waals surface area (Å²) in [5, 5.41) is 0. The lowest BCUT2D eigenvalue weighted by Gasteiger charge is -2.34. The molecular formula is C17H25BrN2O4S. The van der Waals surface area contributed by atoms with Crippen LogP contribution in [0.25, 0.3) is 0 Å². The van der Waals surface area contributed by atoms with Gasteiger partial charge in [0, 0.05) is 17.1 Å². The summed E-state index contributed by atoms with van der Waals surface area (Å²) in [5.74, 6) is 0.152. The van der Waals surface area contributed by atoms with E-state index in [0.29, 0.717) is 11.0 Å². The highest BCUT2D eigenvalue weighted by Gasteiger charge is 2.23. The number of carbonyl (C=O) groups is 1. The van der Waals surface area contributed by atoms with E-state index >= 15 is 0 Å². The average molecular weight is 433 g/mol. The number of likely N-dealkylation sites (tertiary alicyclic amines) is 1. The van der Waals surface area contributed by atoms with Gasteiger partial charge in [0.05, 0.1) is 17.6 Å². The van der Waals surface area contributed by atoms with Gasteiger partial charge in [0.1, 0.15) is 0 Å². The van der Waals surface area contributed by atoms with E-state index in [2.05, 4.69) is 37.2 Å². The second-order valence-corrected chi connectivity index (χ2v) is 9.17. The molecule has 1 heterocycles. The number of esters is 1. The van der Waals surface area contributed by atoms with E-state index in [0.717, 1.165) is 31.8 Å². The average Bonchev–Trinajstić information content (AvgIpc) is 2.60. The minimum absolute atomic E-state index is 0.0515. The van der Waals surface area contributed by atoms with Crippen LogP contribution in [0.15, 0.2) is 27.6 Å². The van der Waals surface area contributed by atoms with Crippen molar-refractivity contribution in [1.82, 2.24) is 9.62 Å². The van der Waals surface area contributed by atoms with Crippen molar-refractivity contribution in [2.75, 3.05) is 26.7 Å². The maximum Gasteiger partial charge on any atom is 0.339 e. The van der Waals surface area contributed by atoms with Crippen molar-refractivity contribution >= 4 is 31.9 Å². The molecule has 1 saturated heterocycles. The Labute approximate surface area is 158 Å². The summed E-state index contributed by atoms with van der Waals surface area (Å²) in [6, 6.07) is 4.45. The lowest BCUT2D eigenvalue weighted by molar-refractivity contribution is 0.0599. The zero-order chi connectivity index (χ0) is 18.6. The Balaban J connectivity index is 2.05. The molecule has 6 nitrogen and oxygen atoms in total. The molecule has 0 saturated carbocycles. The minimum atomic E-state index is -3.69. The van der Waals surface area contributed by atoms with E-state index in [9.17, 15) is 13.2 Å². The normalized spacial score (nSPS) is 18.1. The molecule has 1 N–H and O–H groups in total. The Morgan fingerprint density at radius 1 is 1.40 bits per heavy atom. The number of rotatable bonds is 6. The number of sulfonamides is 1. The molecule has 1 aromatic rings. The Morgan fingerprint density at radius 2 is 2.04 bits per heavy atom. The minimum Gasteiger partial charge on any atom is -0.465 e. The quantitative estimate of drug-likeness (QED) is 0.699. The molecule has 0 bridgehead atoms. The van der Waals surface area contributed by atoms with Crippen molar-refractivity contribution in [3.05, 3.63) is 28.2 Å². The van der Waals surface area contributed by atoms with Crippen LogP contribution in [-0.4, -0.2) is 52.1 Å². The topological polar surface area (TPSA) is 75.7 Å². The highest BCUT2D eigenvalue weighted by atomic mass is 79.9. The first-order valence-corrected chi connectivity index (χ1v) is 10.6. The second kappa shape index (κ2) is 8.62. The Hall–Kier alpha value is -0.960. The largest absolute Gasteiger partial charge is 0.465 e. The Bertz CT molecular complexity index is 715. The maximum atomic E-state index is 12.5. The molecular weight excluding hydrogens is 408 g/mol. The number of methoxy groups -OCH3 is 1. The Kier molecular flexibility index (Phi) is 7.01. The first kappa shape index (κ1) is 20.4. The van der Waals surface area contributed by atoms with E-state index < -0.39 is 16.0 Å². The zero-order valence-corrected chi connectivity index (χ0v) is 17.2. The fourth-order valence-electron chi connectivity index (χ4n) is 2.85. The van der Waals surface area contributed by atoms with Crippen LogP contribution < -0.4 is 4.72 Å². The van der Waals surface area contributed by atoms with Crippen LogP contribution in [0.3, 0.4) is 0 Å². The van der Waals surface area contributed by atoms with Crippen molar-refractivity contribution in [3.8, 4) is 0 Å². The van der Waals surface area contributed by atoms with Gasteiger partial charge in [0.25, 0.3) is 0 Å². The molecule has 1 atom stereocenters. The van der Waals surface area contributed by atoms with Gasteiger partial charge >= 0.3 is 5.97 Å². The molecule has 0 aromatic heterocycles. The van der Waals surface area contributed by atoms with Crippen molar-refractivity contribution in [2.24, 2.45) is 5.92 Å². The second-order valence-electron chi connectivity index (χ2n) is 6.55. The monoisotopic (exact) mass is 432 g/mol. The summed E-state index contributed by atoms with van der Waals surface area (Å²) in [6.45, 7) is 6.60. The standard InChI is InChI=1S/C17H25BrN2O4S/c1-12-6-8-20(9-7-12)13(2)11-19-25(22,23)14-4-5-16(18)15(10-14)17(21)24-3/h4-5,10,12-13,19H,6-9,11H2,1-3H3. The Morgan fingerprint density at radius 3 is 2.64 bits per heavy atom. The molecule has 140 valence electrons. The third-order valence-electron chi connectivity index (χ3n) is 4.66. The summed E-state index contributed by atoms with van der Waals surface area (Å²) < 4.78 is 32.9. The highest BCUT2D eigenvalue weighted by molar-refractivity contribution is 9.10. The number of piperidine rings is 1. The number of ether oxygens (including phenoxy) is 1. The third-order valence-corrected chi connectivity index (χ3v) is 6.78. The fourth-order valence-corrected chi connectivity index (χ4v) is 4.41. The van der Waals surface area contributed by atoms with Crippen LogP contribution in [-0.2, 0) is 14.8 Å². The summed E-state index contributed by atoms with van der Waals surface area (Å²) in [4.78, 5) is 14.1. The molecule has 1 aliphatic heterocycles. The van der Waals surface area contributed by atoms with Crippen molar-refractivity contribution in [3.63, 3.8) is 0 Å². The maximum absolute atomic E-state index is 12.5. The van der Waals surface area contributed by atoms with E-state index in [1.165, 1.54) is 25.3 Å². The fraction of sp³-hybridized carbons (Fsp3) is 0.588. The number of carbonyl (C=O) groups excluding carboxylic acids is 1. The van der Waals surface area contributed by atoms with Crippen molar-refractivity contribution < 1.29 is 17.9 Å². The summed E-state index contributed by atoms with van der Waals surface area (Å²) in [6.07, 6.45) is 2.29. The predicted molar refractivity (Wildman–Crippen MR) is 100 cm³/mol. The van der Waals surface area contributed by atoms with Gasteiger partial charge in [0.2, 0.25) is 10.0 Å². The van der Waals surface area contributed by atoms with Crippen LogP contribution >= 0.6 is 15.9 Å². The van der Waals surface area contributed by atoms with E-state index in [4.69, 9.17) is 0 Å². The molecule has 25 heavy (non-hydrogen) atoms. The van der Waals surface area contributed by atoms with Gasteiger partial charge in [0.15, 0.2) is 0 Å². The van der Waals surface area contributed by atoms with E-state index in [1.54, 1.807) is 0 Å². The molecule has 0 amide bonds. The molecule has 1 unspecified atom stereocenters. The molecule has 8 heteroatoms. The SMILES string of the molecule is COC(=O)c1cc(S(=O)(=O)NCC(C)N2CCC(C)CC2)ccc1Br. The third kappa shape index (κ3) is 5.26. The lowest BCUT2D eigenvalue weighted by Crippen LogP contribution is -2.45. The smallest absolute Gasteiger partial charge is 0.339 e. The van der Waals surface area contributed by atoms with E-state index in [1.807, 2.05) is 6.92 Å². The first-order chi connectivity index (χ1) is 11.7. The van der Waals surface area contributed by atoms with Gasteiger partial charge < -0.3 is 4.74 Å². The number of hydrogen-bond acceptors (Lipinski definition) is 5. The molecule has 1 aromatic carbocycles. The molecule has 0 radical (unpaired) electrons. The molecule has 1 aliphatic rings. The summed E-state index contributed by atoms with van der Waals surface area (Å²) in [7, 11) is -2.43. The number of benzene rings is 1. The van der Waals surface area contributed by atoms with Crippen molar-refractivity contribution in [1.29, 1.82) is 0 Å². The molecule has 1 fully saturated rings. The molecule has 2 rings (SSSR count). The van der Waals surface area contributed by atoms with Gasteiger partial charge in [-0.1, -0.05) is 6.92 Å². The predicted octanol–water partition coefficient (Wildman–Crippen LogP) is 2.63. The van der Waals surface area contributed by atoms with Crippen LogP contribution in [0.2, 0.25) is 0 Å². The number of nitrogens with one attached hydrogen (secondary N) is 1. The van der Waals surface area contributed by atoms with Gasteiger partial charge in [-0.15, -0.1) is 0 Å². The van der Waals surface area contributed by atoms with Crippen LogP contribution in [0, 0.1) is 5.92 Å². The van der Waals surface area contributed by atoms with Gasteiger partial charge in [-0.2, -0.15) is 0 Å². The van der Waals surface area contributed by atoms with Gasteiger partial charge in [-0.05, 0) is 72.9 Å². The first-order valence-electron chi connectivity index (χ1n) is 8.36. The summed E-state index contributed by atoms with van der Waals surface area (Å²) >= 11 is 3.23. The lowest BCUT2D eigenvalue weighted by atomic mass is 9.98. The van der Waals surface area contributed by atoms with Gasteiger partial charge in [-0.25, -0.2) is 17.9 Å². The van der Waals surface area contributed by atoms with Crippen LogP contribution in [0.1, 0.15) is 37.0 Å². The van der Waals surface area contributed by atoms with Gasteiger partial charge in [-0.3, -0.25) is 4.90 Å². The highest BCUT2D eigenvalue weighted by Crippen LogP contribution is 2.22. The van der Waals surface area contributed by atoms with Crippen molar-refractivity contribution in [2.45, 2.75) is 37.6 Å². The summed E-state index contributed by atoms with van der Waals surface area (Å²) in [5.41, 5.74) is 0.184. The number of nitrogens with zero attached hydrogens (tertiary/aromatic N) is 1. The van der Waals surface area contributed by atoms with E-state index in [-0.39, 0.29) is 16.5 Å². The molecule has 0 aliphatic carbocycles. The van der Waals surface area contributed by atoms with Crippen LogP contribution in [0.4, 0.5) is 0 Å². The number of hydrogen-bond donors (Lipinski definition) is 1. The molecule has 0 spiro atoms. The number of halogens is 1. The zero-order valence-electron chi connectivity index (χ0n) is 14.8.